The molecule has 1 aliphatic carbocycles. The number of hydrogen-bond donors (Lipinski definition) is 1. The van der Waals surface area contributed by atoms with E-state index in [0.29, 0.717) is 6.04 Å². The molecule has 0 unspecified atom stereocenters. The van der Waals surface area contributed by atoms with Crippen LogP contribution in [0.3, 0.4) is 0 Å². The zero-order valence-corrected chi connectivity index (χ0v) is 18.7. The second-order valence-corrected chi connectivity index (χ2v) is 8.42. The summed E-state index contributed by atoms with van der Waals surface area (Å²) in [7, 11) is 0. The van der Waals surface area contributed by atoms with Crippen molar-refractivity contribution >= 4 is 0 Å². The average Bonchev–Trinajstić information content (AvgIpc) is 2.66. The Balaban J connectivity index is 0.000000735. The Hall–Kier alpha value is -0.0800. The molecule has 26 heavy (non-hydrogen) atoms. The molecule has 0 atom stereocenters. The summed E-state index contributed by atoms with van der Waals surface area (Å²) in [4.78, 5) is 2.74. The van der Waals surface area contributed by atoms with Gasteiger partial charge in [0.1, 0.15) is 0 Å². The highest BCUT2D eigenvalue weighted by Gasteiger charge is 2.06. The van der Waals surface area contributed by atoms with Gasteiger partial charge in [-0.3, -0.25) is 0 Å². The first-order valence-electron chi connectivity index (χ1n) is 12.2. The van der Waals surface area contributed by atoms with Crippen molar-refractivity contribution in [1.29, 1.82) is 0 Å². The van der Waals surface area contributed by atoms with E-state index in [1.807, 2.05) is 0 Å². The highest BCUT2D eigenvalue weighted by Crippen LogP contribution is 2.14. The molecule has 2 nitrogen and oxygen atoms in total. The maximum absolute atomic E-state index is 5.63. The molecule has 2 heteroatoms. The molecule has 0 aromatic rings. The summed E-state index contributed by atoms with van der Waals surface area (Å²) in [6, 6.07) is 0.536. The van der Waals surface area contributed by atoms with E-state index in [0.717, 1.165) is 0 Å². The Bertz CT molecular complexity index is 220. The lowest BCUT2D eigenvalue weighted by atomic mass is 9.97. The van der Waals surface area contributed by atoms with Crippen LogP contribution in [0, 0.1) is 0 Å². The maximum atomic E-state index is 5.63. The SMILES string of the molecule is CCCCCCN(CCCCCC)CCCCCC.NC1CCCCC1. The van der Waals surface area contributed by atoms with Gasteiger partial charge in [0.25, 0.3) is 0 Å². The zero-order valence-electron chi connectivity index (χ0n) is 18.7. The smallest absolute Gasteiger partial charge is 0.00388 e. The number of unbranched alkanes of at least 4 members (excludes halogenated alkanes) is 9. The summed E-state index contributed by atoms with van der Waals surface area (Å²) in [5.41, 5.74) is 5.63. The second-order valence-electron chi connectivity index (χ2n) is 8.42. The molecule has 158 valence electrons. The van der Waals surface area contributed by atoms with Gasteiger partial charge in [-0.25, -0.2) is 0 Å². The molecule has 1 saturated carbocycles. The van der Waals surface area contributed by atoms with Crippen molar-refractivity contribution in [2.45, 2.75) is 136 Å². The fraction of sp³-hybridized carbons (Fsp3) is 1.00. The van der Waals surface area contributed by atoms with Gasteiger partial charge in [-0.1, -0.05) is 97.8 Å². The standard InChI is InChI=1S/C18H39N.C6H13N/c1-4-7-10-13-16-19(17-14-11-8-5-2)18-15-12-9-6-3;7-6-4-2-1-3-5-6/h4-18H2,1-3H3;6H,1-5,7H2. The van der Waals surface area contributed by atoms with Crippen molar-refractivity contribution in [3.63, 3.8) is 0 Å². The zero-order chi connectivity index (χ0) is 19.3. The molecular weight excluding hydrogens is 316 g/mol. The van der Waals surface area contributed by atoms with E-state index in [1.165, 1.54) is 129 Å². The van der Waals surface area contributed by atoms with Crippen LogP contribution in [0.2, 0.25) is 0 Å². The first kappa shape index (κ1) is 25.9. The molecule has 1 rings (SSSR count). The molecule has 1 fully saturated rings. The van der Waals surface area contributed by atoms with Crippen molar-refractivity contribution in [3.05, 3.63) is 0 Å². The minimum Gasteiger partial charge on any atom is -0.328 e. The molecule has 0 spiro atoms. The summed E-state index contributed by atoms with van der Waals surface area (Å²) in [5.74, 6) is 0. The largest absolute Gasteiger partial charge is 0.328 e. The van der Waals surface area contributed by atoms with Crippen LogP contribution in [-0.4, -0.2) is 30.6 Å². The van der Waals surface area contributed by atoms with E-state index in [1.54, 1.807) is 0 Å². The van der Waals surface area contributed by atoms with Crippen LogP contribution in [0.4, 0.5) is 0 Å². The number of hydrogen-bond acceptors (Lipinski definition) is 2. The van der Waals surface area contributed by atoms with Gasteiger partial charge in [-0.05, 0) is 51.7 Å². The van der Waals surface area contributed by atoms with Crippen molar-refractivity contribution < 1.29 is 0 Å². The molecule has 0 radical (unpaired) electrons. The van der Waals surface area contributed by atoms with Crippen LogP contribution in [-0.2, 0) is 0 Å². The van der Waals surface area contributed by atoms with Gasteiger partial charge in [0.05, 0.1) is 0 Å². The van der Waals surface area contributed by atoms with Crippen molar-refractivity contribution in [3.8, 4) is 0 Å². The molecule has 0 saturated heterocycles. The van der Waals surface area contributed by atoms with E-state index in [4.69, 9.17) is 5.73 Å². The van der Waals surface area contributed by atoms with E-state index < -0.39 is 0 Å². The molecule has 0 aliphatic heterocycles. The molecule has 2 N–H and O–H groups in total. The molecular formula is C24H52N2. The lowest BCUT2D eigenvalue weighted by molar-refractivity contribution is 0.255. The van der Waals surface area contributed by atoms with Gasteiger partial charge in [-0.15, -0.1) is 0 Å². The van der Waals surface area contributed by atoms with Crippen LogP contribution in [0.1, 0.15) is 130 Å². The third-order valence-corrected chi connectivity index (χ3v) is 5.63. The van der Waals surface area contributed by atoms with Crippen LogP contribution in [0.15, 0.2) is 0 Å². The highest BCUT2D eigenvalue weighted by molar-refractivity contribution is 4.66. The Morgan fingerprint density at radius 3 is 1.23 bits per heavy atom. The normalized spacial score (nSPS) is 15.1. The predicted molar refractivity (Wildman–Crippen MR) is 120 cm³/mol. The number of nitrogens with two attached hydrogens (primary N) is 1. The number of nitrogens with zero attached hydrogens (tertiary/aromatic N) is 1. The van der Waals surface area contributed by atoms with Crippen molar-refractivity contribution in [2.24, 2.45) is 5.73 Å². The third kappa shape index (κ3) is 18.7. The quantitative estimate of drug-likeness (QED) is 0.307. The average molecular weight is 369 g/mol. The summed E-state index contributed by atoms with van der Waals surface area (Å²) < 4.78 is 0. The fourth-order valence-corrected chi connectivity index (χ4v) is 3.76. The van der Waals surface area contributed by atoms with Gasteiger partial charge in [-0.2, -0.15) is 0 Å². The van der Waals surface area contributed by atoms with Crippen LogP contribution >= 0.6 is 0 Å². The number of rotatable bonds is 15. The Morgan fingerprint density at radius 1 is 0.577 bits per heavy atom. The van der Waals surface area contributed by atoms with Gasteiger partial charge in [0.15, 0.2) is 0 Å². The summed E-state index contributed by atoms with van der Waals surface area (Å²) >= 11 is 0. The van der Waals surface area contributed by atoms with Crippen LogP contribution in [0.5, 0.6) is 0 Å². The first-order valence-corrected chi connectivity index (χ1v) is 12.2. The fourth-order valence-electron chi connectivity index (χ4n) is 3.76. The van der Waals surface area contributed by atoms with Crippen LogP contribution < -0.4 is 5.73 Å². The minimum absolute atomic E-state index is 0.536. The van der Waals surface area contributed by atoms with Crippen molar-refractivity contribution in [1.82, 2.24) is 4.90 Å². The Kier molecular flexibility index (Phi) is 21.2. The minimum atomic E-state index is 0.536. The highest BCUT2D eigenvalue weighted by atomic mass is 15.1. The van der Waals surface area contributed by atoms with Gasteiger partial charge >= 0.3 is 0 Å². The third-order valence-electron chi connectivity index (χ3n) is 5.63. The Labute approximate surface area is 166 Å². The molecule has 0 bridgehead atoms. The van der Waals surface area contributed by atoms with Gasteiger partial charge in [0, 0.05) is 6.04 Å². The molecule has 0 heterocycles. The van der Waals surface area contributed by atoms with E-state index in [9.17, 15) is 0 Å². The first-order chi connectivity index (χ1) is 12.7. The molecule has 1 aliphatic rings. The van der Waals surface area contributed by atoms with Crippen LogP contribution in [0.25, 0.3) is 0 Å². The lowest BCUT2D eigenvalue weighted by Crippen LogP contribution is -2.27. The summed E-state index contributed by atoms with van der Waals surface area (Å²) in [5, 5.41) is 0. The second kappa shape index (κ2) is 21.2. The monoisotopic (exact) mass is 368 g/mol. The summed E-state index contributed by atoms with van der Waals surface area (Å²) in [6.07, 6.45) is 23.5. The topological polar surface area (TPSA) is 29.3 Å². The maximum Gasteiger partial charge on any atom is 0.00388 e. The Morgan fingerprint density at radius 2 is 0.962 bits per heavy atom. The van der Waals surface area contributed by atoms with E-state index >= 15 is 0 Å². The van der Waals surface area contributed by atoms with E-state index in [-0.39, 0.29) is 0 Å². The molecule has 0 amide bonds. The molecule has 0 aromatic carbocycles. The summed E-state index contributed by atoms with van der Waals surface area (Å²) in [6.45, 7) is 10.9. The lowest BCUT2D eigenvalue weighted by Gasteiger charge is -2.22. The van der Waals surface area contributed by atoms with Gasteiger partial charge < -0.3 is 10.6 Å². The predicted octanol–water partition coefficient (Wildman–Crippen LogP) is 7.31. The van der Waals surface area contributed by atoms with Crippen molar-refractivity contribution in [2.75, 3.05) is 19.6 Å². The van der Waals surface area contributed by atoms with Gasteiger partial charge in [0.2, 0.25) is 0 Å². The van der Waals surface area contributed by atoms with E-state index in [2.05, 4.69) is 25.7 Å². The molecule has 0 aromatic heterocycles.